The average molecular weight is 473 g/mol. The van der Waals surface area contributed by atoms with Crippen molar-refractivity contribution in [3.8, 4) is 11.8 Å². The Morgan fingerprint density at radius 3 is 2.91 bits per heavy atom. The molecule has 9 heteroatoms. The molecule has 0 aliphatic carbocycles. The Morgan fingerprint density at radius 1 is 1.18 bits per heavy atom. The molecule has 3 heterocycles. The molecular formula is C25H24N6O2S. The molecule has 2 N–H and O–H groups in total. The van der Waals surface area contributed by atoms with Crippen molar-refractivity contribution >= 4 is 39.5 Å². The summed E-state index contributed by atoms with van der Waals surface area (Å²) in [5.41, 5.74) is 4.03. The van der Waals surface area contributed by atoms with Gasteiger partial charge in [0.15, 0.2) is 0 Å². The topological polar surface area (TPSA) is 95.2 Å². The number of benzene rings is 2. The normalized spacial score (nSPS) is 14.1. The lowest BCUT2D eigenvalue weighted by Gasteiger charge is -2.26. The number of rotatable bonds is 7. The molecule has 0 atom stereocenters. The van der Waals surface area contributed by atoms with Gasteiger partial charge in [0.2, 0.25) is 0 Å². The van der Waals surface area contributed by atoms with E-state index in [0.29, 0.717) is 17.0 Å². The van der Waals surface area contributed by atoms with Gasteiger partial charge in [-0.15, -0.1) is 11.3 Å². The van der Waals surface area contributed by atoms with Crippen LogP contribution in [0.1, 0.15) is 15.2 Å². The Balaban J connectivity index is 1.29. The molecule has 1 amide bonds. The van der Waals surface area contributed by atoms with Gasteiger partial charge in [-0.1, -0.05) is 6.07 Å². The summed E-state index contributed by atoms with van der Waals surface area (Å²) in [6.45, 7) is 4.72. The Kier molecular flexibility index (Phi) is 6.53. The number of thiophene rings is 1. The van der Waals surface area contributed by atoms with Crippen LogP contribution in [0.3, 0.4) is 0 Å². The fourth-order valence-corrected chi connectivity index (χ4v) is 4.64. The fraction of sp³-hybridized carbons (Fsp3) is 0.240. The van der Waals surface area contributed by atoms with Crippen molar-refractivity contribution in [2.45, 2.75) is 0 Å². The maximum absolute atomic E-state index is 12.7. The van der Waals surface area contributed by atoms with Crippen LogP contribution in [0.4, 0.5) is 11.4 Å². The van der Waals surface area contributed by atoms with Gasteiger partial charge >= 0.3 is 0 Å². The van der Waals surface area contributed by atoms with Gasteiger partial charge in [0.05, 0.1) is 36.3 Å². The molecule has 0 spiro atoms. The van der Waals surface area contributed by atoms with E-state index >= 15 is 0 Å². The first kappa shape index (κ1) is 22.1. The first-order valence-electron chi connectivity index (χ1n) is 11.1. The van der Waals surface area contributed by atoms with Crippen LogP contribution in [-0.4, -0.2) is 60.0 Å². The summed E-state index contributed by atoms with van der Waals surface area (Å²) in [7, 11) is 0. The van der Waals surface area contributed by atoms with E-state index in [1.807, 2.05) is 58.6 Å². The monoisotopic (exact) mass is 472 g/mol. The standard InChI is InChI=1S/C25H24N6O2S/c26-16-24-22(6-13-34-24)29-20-4-5-23-19(14-20)17-28-31(23)21-3-1-2-18(15-21)25(32)27-7-8-30-9-11-33-12-10-30/h1-6,13-15,17,29H,7-12H2,(H,27,32). The number of carbonyl (C=O) groups excluding carboxylic acids is 1. The van der Waals surface area contributed by atoms with Gasteiger partial charge in [0.1, 0.15) is 10.9 Å². The highest BCUT2D eigenvalue weighted by atomic mass is 32.1. The van der Waals surface area contributed by atoms with Gasteiger partial charge in [-0.05, 0) is 47.8 Å². The number of nitriles is 1. The summed E-state index contributed by atoms with van der Waals surface area (Å²) in [4.78, 5) is 15.6. The number of morpholine rings is 1. The molecule has 34 heavy (non-hydrogen) atoms. The molecule has 0 unspecified atom stereocenters. The lowest BCUT2D eigenvalue weighted by atomic mass is 10.1. The van der Waals surface area contributed by atoms with Crippen molar-refractivity contribution in [1.29, 1.82) is 5.26 Å². The summed E-state index contributed by atoms with van der Waals surface area (Å²) in [5.74, 6) is -0.0953. The van der Waals surface area contributed by atoms with Crippen molar-refractivity contribution in [2.24, 2.45) is 0 Å². The number of amides is 1. The zero-order valence-electron chi connectivity index (χ0n) is 18.5. The Bertz CT molecular complexity index is 1350. The summed E-state index contributed by atoms with van der Waals surface area (Å²) in [6.07, 6.45) is 1.80. The third kappa shape index (κ3) is 4.79. The molecule has 1 fully saturated rings. The minimum atomic E-state index is -0.0953. The second-order valence-electron chi connectivity index (χ2n) is 7.99. The first-order valence-corrected chi connectivity index (χ1v) is 12.0. The van der Waals surface area contributed by atoms with E-state index in [0.717, 1.165) is 60.8 Å². The molecule has 0 bridgehead atoms. The van der Waals surface area contributed by atoms with Gasteiger partial charge in [-0.2, -0.15) is 10.4 Å². The smallest absolute Gasteiger partial charge is 0.251 e. The summed E-state index contributed by atoms with van der Waals surface area (Å²) < 4.78 is 7.19. The van der Waals surface area contributed by atoms with Gasteiger partial charge in [0.25, 0.3) is 5.91 Å². The number of aromatic nitrogens is 2. The van der Waals surface area contributed by atoms with Crippen LogP contribution in [0.25, 0.3) is 16.6 Å². The summed E-state index contributed by atoms with van der Waals surface area (Å²) in [5, 5.41) is 22.9. The van der Waals surface area contributed by atoms with E-state index in [1.54, 1.807) is 6.20 Å². The number of nitrogens with zero attached hydrogens (tertiary/aromatic N) is 4. The van der Waals surface area contributed by atoms with Crippen LogP contribution < -0.4 is 10.6 Å². The molecule has 2 aromatic heterocycles. The molecule has 172 valence electrons. The van der Waals surface area contributed by atoms with E-state index in [9.17, 15) is 10.1 Å². The number of hydrogen-bond donors (Lipinski definition) is 2. The van der Waals surface area contributed by atoms with E-state index in [1.165, 1.54) is 11.3 Å². The van der Waals surface area contributed by atoms with Crippen molar-refractivity contribution in [3.63, 3.8) is 0 Å². The van der Waals surface area contributed by atoms with Gasteiger partial charge < -0.3 is 15.4 Å². The van der Waals surface area contributed by atoms with Gasteiger partial charge in [-0.3, -0.25) is 9.69 Å². The number of carbonyl (C=O) groups is 1. The number of fused-ring (bicyclic) bond motifs is 1. The Labute approximate surface area is 201 Å². The van der Waals surface area contributed by atoms with Crippen molar-refractivity contribution < 1.29 is 9.53 Å². The molecule has 1 saturated heterocycles. The van der Waals surface area contributed by atoms with Gasteiger partial charge in [0, 0.05) is 42.8 Å². The lowest BCUT2D eigenvalue weighted by Crippen LogP contribution is -2.41. The number of ether oxygens (including phenoxy) is 1. The van der Waals surface area contributed by atoms with Crippen molar-refractivity contribution in [1.82, 2.24) is 20.0 Å². The van der Waals surface area contributed by atoms with Crippen LogP contribution in [0.5, 0.6) is 0 Å². The first-order chi connectivity index (χ1) is 16.7. The SMILES string of the molecule is N#Cc1sccc1Nc1ccc2c(cnn2-c2cccc(C(=O)NCCN3CCOCC3)c2)c1. The molecule has 0 saturated carbocycles. The molecule has 0 radical (unpaired) electrons. The number of anilines is 2. The van der Waals surface area contributed by atoms with Crippen LogP contribution in [-0.2, 0) is 4.74 Å². The number of hydrogen-bond acceptors (Lipinski definition) is 7. The third-order valence-corrected chi connectivity index (χ3v) is 6.60. The van der Waals surface area contributed by atoms with Crippen molar-refractivity contribution in [3.05, 3.63) is 70.5 Å². The average Bonchev–Trinajstić information content (AvgIpc) is 3.51. The highest BCUT2D eigenvalue weighted by Crippen LogP contribution is 2.28. The van der Waals surface area contributed by atoms with Crippen LogP contribution in [0.2, 0.25) is 0 Å². The van der Waals surface area contributed by atoms with Crippen molar-refractivity contribution in [2.75, 3.05) is 44.7 Å². The Morgan fingerprint density at radius 2 is 2.06 bits per heavy atom. The lowest BCUT2D eigenvalue weighted by molar-refractivity contribution is 0.0383. The summed E-state index contributed by atoms with van der Waals surface area (Å²) >= 11 is 1.41. The second-order valence-corrected chi connectivity index (χ2v) is 8.91. The second kappa shape index (κ2) is 10.1. The minimum absolute atomic E-state index is 0.0953. The van der Waals surface area contributed by atoms with Crippen LogP contribution in [0, 0.1) is 11.3 Å². The molecule has 8 nitrogen and oxygen atoms in total. The fourth-order valence-electron chi connectivity index (χ4n) is 4.00. The Hall–Kier alpha value is -3.71. The van der Waals surface area contributed by atoms with E-state index < -0.39 is 0 Å². The predicted molar refractivity (Wildman–Crippen MR) is 133 cm³/mol. The van der Waals surface area contributed by atoms with Gasteiger partial charge in [-0.25, -0.2) is 4.68 Å². The van der Waals surface area contributed by atoms with E-state index in [4.69, 9.17) is 4.74 Å². The predicted octanol–water partition coefficient (Wildman–Crippen LogP) is 3.76. The largest absolute Gasteiger partial charge is 0.379 e. The molecule has 1 aliphatic heterocycles. The molecule has 2 aromatic carbocycles. The van der Waals surface area contributed by atoms with Crippen LogP contribution >= 0.6 is 11.3 Å². The maximum atomic E-state index is 12.7. The number of nitrogens with one attached hydrogen (secondary N) is 2. The third-order valence-electron chi connectivity index (χ3n) is 5.78. The maximum Gasteiger partial charge on any atom is 0.251 e. The highest BCUT2D eigenvalue weighted by Gasteiger charge is 2.13. The molecule has 1 aliphatic rings. The van der Waals surface area contributed by atoms with E-state index in [-0.39, 0.29) is 5.91 Å². The zero-order chi connectivity index (χ0) is 23.3. The van der Waals surface area contributed by atoms with Crippen LogP contribution in [0.15, 0.2) is 60.1 Å². The molecule has 4 aromatic rings. The quantitative estimate of drug-likeness (QED) is 0.425. The molecular weight excluding hydrogens is 448 g/mol. The van der Waals surface area contributed by atoms with E-state index in [2.05, 4.69) is 26.7 Å². The zero-order valence-corrected chi connectivity index (χ0v) is 19.3. The molecule has 5 rings (SSSR count). The highest BCUT2D eigenvalue weighted by molar-refractivity contribution is 7.11. The summed E-state index contributed by atoms with van der Waals surface area (Å²) in [6, 6.07) is 17.5. The minimum Gasteiger partial charge on any atom is -0.379 e.